The van der Waals surface area contributed by atoms with Gasteiger partial charge in [-0.3, -0.25) is 4.79 Å². The molecule has 8 heteroatoms. The SMILES string of the molecule is CSc1cc(C)nc(SC)c1-c1ccccc1C(Cl)Sc1c(NC(C)=O)cccc1Oc1ccccc1. The molecule has 1 N–H and O–H groups in total. The topological polar surface area (TPSA) is 51.2 Å². The Bertz CT molecular complexity index is 1370. The number of para-hydroxylation sites is 1. The van der Waals surface area contributed by atoms with E-state index in [4.69, 9.17) is 21.3 Å². The number of hydrogen-bond acceptors (Lipinski definition) is 6. The quantitative estimate of drug-likeness (QED) is 0.161. The van der Waals surface area contributed by atoms with Crippen LogP contribution in [-0.4, -0.2) is 23.4 Å². The summed E-state index contributed by atoms with van der Waals surface area (Å²) in [7, 11) is 0. The lowest BCUT2D eigenvalue weighted by Crippen LogP contribution is -2.07. The van der Waals surface area contributed by atoms with Gasteiger partial charge in [-0.15, -0.1) is 35.1 Å². The highest BCUT2D eigenvalue weighted by Gasteiger charge is 2.23. The number of amides is 1. The van der Waals surface area contributed by atoms with Crippen molar-refractivity contribution < 1.29 is 9.53 Å². The van der Waals surface area contributed by atoms with Crippen molar-refractivity contribution in [3.05, 3.63) is 90.1 Å². The van der Waals surface area contributed by atoms with Crippen molar-refractivity contribution in [3.8, 4) is 22.6 Å². The highest BCUT2D eigenvalue weighted by Crippen LogP contribution is 2.50. The minimum Gasteiger partial charge on any atom is -0.456 e. The molecule has 37 heavy (non-hydrogen) atoms. The van der Waals surface area contributed by atoms with Crippen molar-refractivity contribution in [3.63, 3.8) is 0 Å². The predicted molar refractivity (Wildman–Crippen MR) is 160 cm³/mol. The van der Waals surface area contributed by atoms with E-state index in [2.05, 4.69) is 23.7 Å². The van der Waals surface area contributed by atoms with Gasteiger partial charge in [-0.1, -0.05) is 60.3 Å². The predicted octanol–water partition coefficient (Wildman–Crippen LogP) is 9.28. The Labute approximate surface area is 236 Å². The second kappa shape index (κ2) is 12.8. The summed E-state index contributed by atoms with van der Waals surface area (Å²) in [6.07, 6.45) is 4.12. The van der Waals surface area contributed by atoms with Gasteiger partial charge in [-0.2, -0.15) is 0 Å². The van der Waals surface area contributed by atoms with Crippen molar-refractivity contribution in [2.24, 2.45) is 0 Å². The van der Waals surface area contributed by atoms with Gasteiger partial charge in [0.05, 0.1) is 10.6 Å². The number of carbonyl (C=O) groups excluding carboxylic acids is 1. The Morgan fingerprint density at radius 2 is 1.70 bits per heavy atom. The van der Waals surface area contributed by atoms with E-state index in [0.29, 0.717) is 17.2 Å². The van der Waals surface area contributed by atoms with Crippen LogP contribution in [0, 0.1) is 6.92 Å². The molecular weight excluding hydrogens is 540 g/mol. The Kier molecular flexibility index (Phi) is 9.49. The summed E-state index contributed by atoms with van der Waals surface area (Å²) >= 11 is 11.9. The van der Waals surface area contributed by atoms with Crippen LogP contribution in [0.5, 0.6) is 11.5 Å². The van der Waals surface area contributed by atoms with Crippen molar-refractivity contribution in [1.29, 1.82) is 0 Å². The number of benzene rings is 3. The number of aromatic nitrogens is 1. The number of ether oxygens (including phenoxy) is 1. The molecule has 4 rings (SSSR count). The lowest BCUT2D eigenvalue weighted by Gasteiger charge is -2.21. The average molecular weight is 567 g/mol. The van der Waals surface area contributed by atoms with Crippen LogP contribution < -0.4 is 10.1 Å². The van der Waals surface area contributed by atoms with E-state index in [0.717, 1.165) is 37.2 Å². The highest BCUT2D eigenvalue weighted by atomic mass is 35.5. The number of alkyl halides is 1. The molecule has 0 fully saturated rings. The van der Waals surface area contributed by atoms with Gasteiger partial charge in [0.15, 0.2) is 0 Å². The lowest BCUT2D eigenvalue weighted by atomic mass is 10.0. The molecule has 1 aromatic heterocycles. The summed E-state index contributed by atoms with van der Waals surface area (Å²) in [6, 6.07) is 25.4. The number of hydrogen-bond donors (Lipinski definition) is 1. The summed E-state index contributed by atoms with van der Waals surface area (Å²) in [5.41, 5.74) is 4.73. The second-order valence-electron chi connectivity index (χ2n) is 8.10. The zero-order valence-corrected chi connectivity index (χ0v) is 24.2. The number of halogens is 1. The molecule has 0 spiro atoms. The van der Waals surface area contributed by atoms with E-state index in [1.165, 1.54) is 18.7 Å². The summed E-state index contributed by atoms with van der Waals surface area (Å²) in [5.74, 6) is 1.16. The maximum atomic E-state index is 12.0. The molecule has 0 aliphatic carbocycles. The molecule has 190 valence electrons. The van der Waals surface area contributed by atoms with Crippen LogP contribution in [0.4, 0.5) is 5.69 Å². The van der Waals surface area contributed by atoms with Gasteiger partial charge in [-0.05, 0) is 60.9 Å². The number of pyridine rings is 1. The summed E-state index contributed by atoms with van der Waals surface area (Å²) in [6.45, 7) is 3.51. The van der Waals surface area contributed by atoms with Gasteiger partial charge in [0.1, 0.15) is 21.2 Å². The highest BCUT2D eigenvalue weighted by molar-refractivity contribution is 8.01. The van der Waals surface area contributed by atoms with E-state index >= 15 is 0 Å². The number of anilines is 1. The Morgan fingerprint density at radius 1 is 0.973 bits per heavy atom. The Morgan fingerprint density at radius 3 is 2.41 bits per heavy atom. The van der Waals surface area contributed by atoms with Crippen molar-refractivity contribution in [2.45, 2.75) is 33.4 Å². The third-order valence-corrected chi connectivity index (χ3v) is 8.51. The van der Waals surface area contributed by atoms with Gasteiger partial charge in [0.25, 0.3) is 0 Å². The first kappa shape index (κ1) is 27.5. The molecule has 1 unspecified atom stereocenters. The molecule has 4 aromatic rings. The van der Waals surface area contributed by atoms with Gasteiger partial charge in [-0.25, -0.2) is 4.98 Å². The molecule has 0 saturated heterocycles. The molecular formula is C29H27ClN2O2S3. The third-order valence-electron chi connectivity index (χ3n) is 5.45. The second-order valence-corrected chi connectivity index (χ2v) is 11.6. The third kappa shape index (κ3) is 6.65. The maximum absolute atomic E-state index is 12.0. The van der Waals surface area contributed by atoms with Crippen LogP contribution in [0.2, 0.25) is 0 Å². The van der Waals surface area contributed by atoms with Gasteiger partial charge >= 0.3 is 0 Å². The average Bonchev–Trinajstić information content (AvgIpc) is 2.90. The molecule has 4 nitrogen and oxygen atoms in total. The van der Waals surface area contributed by atoms with Crippen LogP contribution in [-0.2, 0) is 4.79 Å². The fourth-order valence-corrected chi connectivity index (χ4v) is 6.78. The molecule has 1 heterocycles. The first-order chi connectivity index (χ1) is 17.9. The largest absolute Gasteiger partial charge is 0.456 e. The number of thioether (sulfide) groups is 3. The van der Waals surface area contributed by atoms with Gasteiger partial charge in [0, 0.05) is 23.1 Å². The summed E-state index contributed by atoms with van der Waals surface area (Å²) in [5, 5.41) is 3.90. The molecule has 3 aromatic carbocycles. The molecule has 1 atom stereocenters. The molecule has 0 aliphatic heterocycles. The first-order valence-corrected chi connectivity index (χ1v) is 15.3. The number of nitrogens with one attached hydrogen (secondary N) is 1. The van der Waals surface area contributed by atoms with Crippen molar-refractivity contribution in [1.82, 2.24) is 4.98 Å². The molecule has 0 radical (unpaired) electrons. The van der Waals surface area contributed by atoms with Gasteiger partial charge in [0.2, 0.25) is 5.91 Å². The minimum atomic E-state index is -0.463. The smallest absolute Gasteiger partial charge is 0.221 e. The van der Waals surface area contributed by atoms with E-state index < -0.39 is 4.71 Å². The standard InChI is InChI=1S/C29H27ClN2O2S3/c1-18-17-25(35-3)26(29(31-18)36-4)21-13-8-9-14-22(21)28(30)37-27-23(32-19(2)33)15-10-16-24(27)34-20-11-6-5-7-12-20/h5-17,28H,1-4H3,(H,32,33). The van der Waals surface area contributed by atoms with E-state index in [1.807, 2.05) is 79.9 Å². The number of nitrogens with zero attached hydrogens (tertiary/aromatic N) is 1. The molecule has 0 bridgehead atoms. The van der Waals surface area contributed by atoms with E-state index in [9.17, 15) is 4.79 Å². The van der Waals surface area contributed by atoms with E-state index in [-0.39, 0.29) is 5.91 Å². The molecule has 0 saturated carbocycles. The Hall–Kier alpha value is -2.58. The zero-order valence-electron chi connectivity index (χ0n) is 20.9. The van der Waals surface area contributed by atoms with Crippen LogP contribution in [0.3, 0.4) is 0 Å². The van der Waals surface area contributed by atoms with Crippen LogP contribution in [0.15, 0.2) is 93.7 Å². The molecule has 1 amide bonds. The number of carbonyl (C=O) groups is 1. The minimum absolute atomic E-state index is 0.162. The van der Waals surface area contributed by atoms with Crippen molar-refractivity contribution in [2.75, 3.05) is 17.8 Å². The Balaban J connectivity index is 1.78. The zero-order chi connectivity index (χ0) is 26.4. The van der Waals surface area contributed by atoms with E-state index in [1.54, 1.807) is 23.5 Å². The van der Waals surface area contributed by atoms with Crippen LogP contribution >= 0.6 is 46.9 Å². The number of rotatable bonds is 9. The maximum Gasteiger partial charge on any atom is 0.221 e. The molecule has 0 aliphatic rings. The summed E-state index contributed by atoms with van der Waals surface area (Å²) < 4.78 is 5.76. The van der Waals surface area contributed by atoms with Crippen molar-refractivity contribution >= 4 is 58.5 Å². The fraction of sp³-hybridized carbons (Fsp3) is 0.172. The fourth-order valence-electron chi connectivity index (χ4n) is 3.88. The first-order valence-electron chi connectivity index (χ1n) is 11.5. The van der Waals surface area contributed by atoms with Gasteiger partial charge < -0.3 is 10.1 Å². The normalized spacial score (nSPS) is 11.7. The van der Waals surface area contributed by atoms with Crippen LogP contribution in [0.1, 0.15) is 22.9 Å². The number of aryl methyl sites for hydroxylation is 1. The lowest BCUT2D eigenvalue weighted by molar-refractivity contribution is -0.114. The monoisotopic (exact) mass is 566 g/mol. The summed E-state index contributed by atoms with van der Waals surface area (Å²) in [4.78, 5) is 18.7. The van der Waals surface area contributed by atoms with Crippen LogP contribution in [0.25, 0.3) is 11.1 Å².